The second-order valence-electron chi connectivity index (χ2n) is 11.7. The van der Waals surface area contributed by atoms with E-state index in [9.17, 15) is 5.11 Å². The van der Waals surface area contributed by atoms with Gasteiger partial charge in [0.1, 0.15) is 0 Å². The van der Waals surface area contributed by atoms with E-state index in [2.05, 4.69) is 32.1 Å². The summed E-state index contributed by atoms with van der Waals surface area (Å²) in [7, 11) is 0. The number of hydrogen-bond donors (Lipinski definition) is 1. The lowest BCUT2D eigenvalue weighted by Crippen LogP contribution is -2.07. The molecular formula is C36H70O2. The first-order valence-corrected chi connectivity index (χ1v) is 17.4. The van der Waals surface area contributed by atoms with Gasteiger partial charge >= 0.3 is 0 Å². The molecule has 2 nitrogen and oxygen atoms in total. The normalized spacial score (nSPS) is 12.7. The third kappa shape index (κ3) is 33.3. The van der Waals surface area contributed by atoms with Crippen LogP contribution in [-0.2, 0) is 4.74 Å². The van der Waals surface area contributed by atoms with Crippen molar-refractivity contribution in [3.63, 3.8) is 0 Å². The topological polar surface area (TPSA) is 29.5 Å². The van der Waals surface area contributed by atoms with Crippen molar-refractivity contribution in [2.45, 2.75) is 206 Å². The molecule has 0 fully saturated rings. The number of aliphatic hydroxyl groups is 1. The Morgan fingerprint density at radius 1 is 0.421 bits per heavy atom. The summed E-state index contributed by atoms with van der Waals surface area (Å²) in [4.78, 5) is 0. The number of rotatable bonds is 32. The third-order valence-electron chi connectivity index (χ3n) is 7.77. The highest BCUT2D eigenvalue weighted by atomic mass is 16.6. The lowest BCUT2D eigenvalue weighted by atomic mass is 10.0. The molecule has 38 heavy (non-hydrogen) atoms. The van der Waals surface area contributed by atoms with Crippen LogP contribution in [0, 0.1) is 0 Å². The largest absolute Gasteiger partial charge is 0.473 e. The standard InChI is InChI=1S/C36H70O2/c1-3-5-7-9-11-13-15-17-19-21-23-25-27-29-31-33-35-38-36(37)34-32-30-28-26-24-22-20-18-16-14-12-10-8-6-4-2/h18,20,33,35-37H,3-17,19,21-32,34H2,1-2H3/b20-18-,35-33?. The number of aliphatic hydroxyl groups excluding tert-OH is 1. The predicted molar refractivity (Wildman–Crippen MR) is 171 cm³/mol. The molecule has 0 aliphatic carbocycles. The SMILES string of the molecule is CCCCCCCC/C=C\CCCCCCCC(O)OC=CCCCCCCCCCCCCCCCC. The molecule has 0 aliphatic heterocycles. The van der Waals surface area contributed by atoms with Crippen LogP contribution in [0.5, 0.6) is 0 Å². The van der Waals surface area contributed by atoms with Crippen molar-refractivity contribution >= 4 is 0 Å². The molecule has 0 heterocycles. The lowest BCUT2D eigenvalue weighted by Gasteiger charge is -2.09. The second-order valence-corrected chi connectivity index (χ2v) is 11.7. The molecule has 0 aliphatic rings. The smallest absolute Gasteiger partial charge is 0.196 e. The predicted octanol–water partition coefficient (Wildman–Crippen LogP) is 12.7. The fourth-order valence-electron chi connectivity index (χ4n) is 5.13. The average Bonchev–Trinajstić information content (AvgIpc) is 2.92. The van der Waals surface area contributed by atoms with Gasteiger partial charge in [0.25, 0.3) is 0 Å². The molecule has 0 aromatic heterocycles. The van der Waals surface area contributed by atoms with Crippen molar-refractivity contribution in [1.29, 1.82) is 0 Å². The number of allylic oxidation sites excluding steroid dienone is 3. The molecule has 1 N–H and O–H groups in total. The second kappa shape index (κ2) is 34.3. The van der Waals surface area contributed by atoms with Gasteiger partial charge in [0.2, 0.25) is 0 Å². The molecule has 0 spiro atoms. The van der Waals surface area contributed by atoms with Gasteiger partial charge in [0.05, 0.1) is 6.26 Å². The Morgan fingerprint density at radius 3 is 1.13 bits per heavy atom. The van der Waals surface area contributed by atoms with E-state index in [-0.39, 0.29) is 0 Å². The monoisotopic (exact) mass is 535 g/mol. The molecule has 0 radical (unpaired) electrons. The van der Waals surface area contributed by atoms with Gasteiger partial charge in [0.15, 0.2) is 6.29 Å². The zero-order chi connectivity index (χ0) is 27.6. The molecule has 226 valence electrons. The van der Waals surface area contributed by atoms with Crippen LogP contribution in [0.25, 0.3) is 0 Å². The highest BCUT2D eigenvalue weighted by Crippen LogP contribution is 2.14. The van der Waals surface area contributed by atoms with Crippen molar-refractivity contribution in [2.24, 2.45) is 0 Å². The Balaban J connectivity index is 3.25. The zero-order valence-electron chi connectivity index (χ0n) is 26.2. The van der Waals surface area contributed by atoms with Crippen LogP contribution >= 0.6 is 0 Å². The molecule has 0 aromatic carbocycles. The summed E-state index contributed by atoms with van der Waals surface area (Å²) in [5, 5.41) is 10.00. The molecule has 0 amide bonds. The lowest BCUT2D eigenvalue weighted by molar-refractivity contribution is -0.0576. The van der Waals surface area contributed by atoms with Gasteiger partial charge in [-0.1, -0.05) is 161 Å². The maximum absolute atomic E-state index is 10.00. The van der Waals surface area contributed by atoms with E-state index in [1.165, 1.54) is 167 Å². The van der Waals surface area contributed by atoms with Gasteiger partial charge in [-0.3, -0.25) is 0 Å². The quantitative estimate of drug-likeness (QED) is 0.0402. The maximum Gasteiger partial charge on any atom is 0.196 e. The van der Waals surface area contributed by atoms with E-state index in [1.54, 1.807) is 6.26 Å². The highest BCUT2D eigenvalue weighted by molar-refractivity contribution is 4.81. The van der Waals surface area contributed by atoms with Gasteiger partial charge in [-0.15, -0.1) is 0 Å². The number of ether oxygens (including phenoxy) is 1. The maximum atomic E-state index is 10.00. The van der Waals surface area contributed by atoms with Gasteiger partial charge < -0.3 is 9.84 Å². The summed E-state index contributed by atoms with van der Waals surface area (Å²) in [5.74, 6) is 0. The Hall–Kier alpha value is -0.760. The zero-order valence-corrected chi connectivity index (χ0v) is 26.2. The Kier molecular flexibility index (Phi) is 33.6. The van der Waals surface area contributed by atoms with E-state index in [0.717, 1.165) is 19.3 Å². The molecule has 0 rings (SSSR count). The molecule has 0 saturated heterocycles. The first kappa shape index (κ1) is 37.2. The van der Waals surface area contributed by atoms with Gasteiger partial charge in [-0.05, 0) is 51.0 Å². The van der Waals surface area contributed by atoms with Crippen LogP contribution in [0.1, 0.15) is 200 Å². The van der Waals surface area contributed by atoms with E-state index in [4.69, 9.17) is 4.74 Å². The average molecular weight is 535 g/mol. The minimum absolute atomic E-state index is 0.632. The van der Waals surface area contributed by atoms with Gasteiger partial charge in [-0.2, -0.15) is 0 Å². The Labute approximate surface area is 240 Å². The molecule has 0 bridgehead atoms. The molecule has 1 unspecified atom stereocenters. The summed E-state index contributed by atoms with van der Waals surface area (Å²) in [5.41, 5.74) is 0. The van der Waals surface area contributed by atoms with Crippen LogP contribution in [-0.4, -0.2) is 11.4 Å². The fraction of sp³-hybridized carbons (Fsp3) is 0.889. The van der Waals surface area contributed by atoms with Crippen LogP contribution in [0.3, 0.4) is 0 Å². The van der Waals surface area contributed by atoms with Crippen molar-refractivity contribution < 1.29 is 9.84 Å². The number of unbranched alkanes of at least 4 members (excludes halogenated alkanes) is 25. The van der Waals surface area contributed by atoms with E-state index in [1.807, 2.05) is 0 Å². The van der Waals surface area contributed by atoms with Gasteiger partial charge in [-0.25, -0.2) is 0 Å². The molecule has 1 atom stereocenters. The number of hydrogen-bond acceptors (Lipinski definition) is 2. The first-order valence-electron chi connectivity index (χ1n) is 17.4. The summed E-state index contributed by atoms with van der Waals surface area (Å²) >= 11 is 0. The Bertz CT molecular complexity index is 470. The van der Waals surface area contributed by atoms with Crippen molar-refractivity contribution in [2.75, 3.05) is 0 Å². The van der Waals surface area contributed by atoms with Gasteiger partial charge in [0, 0.05) is 6.42 Å². The minimum atomic E-state index is -0.632. The summed E-state index contributed by atoms with van der Waals surface area (Å²) in [6.07, 6.45) is 46.3. The molecule has 0 saturated carbocycles. The van der Waals surface area contributed by atoms with Crippen LogP contribution in [0.2, 0.25) is 0 Å². The van der Waals surface area contributed by atoms with E-state index in [0.29, 0.717) is 0 Å². The fourth-order valence-corrected chi connectivity index (χ4v) is 5.13. The molecule has 0 aromatic rings. The summed E-state index contributed by atoms with van der Waals surface area (Å²) in [6, 6.07) is 0. The summed E-state index contributed by atoms with van der Waals surface area (Å²) < 4.78 is 5.45. The van der Waals surface area contributed by atoms with Crippen LogP contribution < -0.4 is 0 Å². The van der Waals surface area contributed by atoms with Crippen molar-refractivity contribution in [3.8, 4) is 0 Å². The van der Waals surface area contributed by atoms with Crippen molar-refractivity contribution in [1.82, 2.24) is 0 Å². The van der Waals surface area contributed by atoms with Crippen LogP contribution in [0.15, 0.2) is 24.5 Å². The Morgan fingerprint density at radius 2 is 0.737 bits per heavy atom. The highest BCUT2D eigenvalue weighted by Gasteiger charge is 2.01. The minimum Gasteiger partial charge on any atom is -0.473 e. The third-order valence-corrected chi connectivity index (χ3v) is 7.77. The molecule has 2 heteroatoms. The van der Waals surface area contributed by atoms with Crippen LogP contribution in [0.4, 0.5) is 0 Å². The van der Waals surface area contributed by atoms with E-state index < -0.39 is 6.29 Å². The van der Waals surface area contributed by atoms with E-state index >= 15 is 0 Å². The summed E-state index contributed by atoms with van der Waals surface area (Å²) in [6.45, 7) is 4.57. The first-order chi connectivity index (χ1) is 18.8. The molecular weight excluding hydrogens is 464 g/mol. The van der Waals surface area contributed by atoms with Crippen molar-refractivity contribution in [3.05, 3.63) is 24.5 Å².